The number of hydrogen-bond donors (Lipinski definition) is 1. The van der Waals surface area contributed by atoms with Crippen molar-refractivity contribution in [1.29, 1.82) is 0 Å². The molecular formula is C19H21N3S2. The molecule has 0 saturated heterocycles. The minimum absolute atomic E-state index is 0.119. The van der Waals surface area contributed by atoms with Crippen LogP contribution >= 0.6 is 23.6 Å². The van der Waals surface area contributed by atoms with Crippen LogP contribution in [0.15, 0.2) is 42.5 Å². The highest BCUT2D eigenvalue weighted by Crippen LogP contribution is 2.29. The van der Waals surface area contributed by atoms with Crippen LogP contribution in [0.25, 0.3) is 10.2 Å². The van der Waals surface area contributed by atoms with Gasteiger partial charge in [-0.3, -0.25) is 0 Å². The Hall–Kier alpha value is -1.98. The molecule has 0 aliphatic carbocycles. The van der Waals surface area contributed by atoms with E-state index in [-0.39, 0.29) is 6.04 Å². The minimum atomic E-state index is 0.119. The maximum Gasteiger partial charge on any atom is 0.173 e. The molecule has 0 aliphatic heterocycles. The standard InChI is InChI=1S/C19H21N3S2/c1-12-9-13(2)11-15(10-12)20-19(23)22(4)14(3)18-21-16-7-5-6-8-17(16)24-18/h5-11,14H,1-4H3,(H,20,23)/t14-/m1/s1. The van der Waals surface area contributed by atoms with Crippen molar-refractivity contribution in [2.45, 2.75) is 26.8 Å². The summed E-state index contributed by atoms with van der Waals surface area (Å²) in [6.07, 6.45) is 0. The zero-order valence-corrected chi connectivity index (χ0v) is 16.0. The highest BCUT2D eigenvalue weighted by atomic mass is 32.1. The maximum atomic E-state index is 5.59. The third-order valence-corrected chi connectivity index (χ3v) is 5.64. The van der Waals surface area contributed by atoms with Crippen molar-refractivity contribution in [2.75, 3.05) is 12.4 Å². The number of benzene rings is 2. The van der Waals surface area contributed by atoms with Crippen LogP contribution < -0.4 is 5.32 Å². The third-order valence-electron chi connectivity index (χ3n) is 4.04. The Labute approximate surface area is 152 Å². The smallest absolute Gasteiger partial charge is 0.173 e. The van der Waals surface area contributed by atoms with Gasteiger partial charge in [0.15, 0.2) is 5.11 Å². The van der Waals surface area contributed by atoms with Crippen LogP contribution in [0.2, 0.25) is 0 Å². The molecule has 3 aromatic rings. The fourth-order valence-electron chi connectivity index (χ4n) is 2.67. The van der Waals surface area contributed by atoms with Crippen LogP contribution in [0.1, 0.15) is 29.1 Å². The molecule has 124 valence electrons. The first-order valence-corrected chi connectivity index (χ1v) is 9.14. The predicted octanol–water partition coefficient (Wildman–Crippen LogP) is 5.30. The molecule has 0 aliphatic rings. The molecule has 5 heteroatoms. The Kier molecular flexibility index (Phi) is 4.83. The number of rotatable bonds is 3. The lowest BCUT2D eigenvalue weighted by atomic mass is 10.1. The monoisotopic (exact) mass is 355 g/mol. The SMILES string of the molecule is Cc1cc(C)cc(NC(=S)N(C)[C@H](C)c2nc3ccccc3s2)c1. The number of aromatic nitrogens is 1. The van der Waals surface area contributed by atoms with Crippen LogP contribution in [-0.2, 0) is 0 Å². The average Bonchev–Trinajstić information content (AvgIpc) is 2.96. The van der Waals surface area contributed by atoms with Gasteiger partial charge in [0.2, 0.25) is 0 Å². The predicted molar refractivity (Wildman–Crippen MR) is 108 cm³/mol. The minimum Gasteiger partial charge on any atom is -0.343 e. The summed E-state index contributed by atoms with van der Waals surface area (Å²) in [6.45, 7) is 6.32. The van der Waals surface area contributed by atoms with Gasteiger partial charge in [-0.2, -0.15) is 0 Å². The van der Waals surface area contributed by atoms with E-state index < -0.39 is 0 Å². The highest BCUT2D eigenvalue weighted by Gasteiger charge is 2.18. The van der Waals surface area contributed by atoms with E-state index in [1.165, 1.54) is 15.8 Å². The Bertz CT molecular complexity index is 832. The number of hydrogen-bond acceptors (Lipinski definition) is 3. The Balaban J connectivity index is 1.76. The largest absolute Gasteiger partial charge is 0.343 e. The van der Waals surface area contributed by atoms with E-state index in [2.05, 4.69) is 55.3 Å². The molecule has 24 heavy (non-hydrogen) atoms. The molecule has 1 N–H and O–H groups in total. The number of aryl methyl sites for hydroxylation is 2. The zero-order chi connectivity index (χ0) is 17.3. The van der Waals surface area contributed by atoms with Gasteiger partial charge in [-0.05, 0) is 68.4 Å². The molecule has 3 rings (SSSR count). The van der Waals surface area contributed by atoms with Gasteiger partial charge >= 0.3 is 0 Å². The molecule has 0 amide bonds. The quantitative estimate of drug-likeness (QED) is 0.645. The number of fused-ring (bicyclic) bond motifs is 1. The van der Waals surface area contributed by atoms with E-state index in [0.717, 1.165) is 16.2 Å². The van der Waals surface area contributed by atoms with Gasteiger partial charge in [-0.15, -0.1) is 11.3 Å². The van der Waals surface area contributed by atoms with Crippen molar-refractivity contribution in [1.82, 2.24) is 9.88 Å². The highest BCUT2D eigenvalue weighted by molar-refractivity contribution is 7.80. The van der Waals surface area contributed by atoms with Gasteiger partial charge in [0.1, 0.15) is 5.01 Å². The molecule has 0 spiro atoms. The summed E-state index contributed by atoms with van der Waals surface area (Å²) in [4.78, 5) is 6.80. The molecule has 0 radical (unpaired) electrons. The lowest BCUT2D eigenvalue weighted by Gasteiger charge is -2.26. The summed E-state index contributed by atoms with van der Waals surface area (Å²) < 4.78 is 1.21. The number of para-hydroxylation sites is 1. The van der Waals surface area contributed by atoms with Crippen LogP contribution in [0, 0.1) is 13.8 Å². The third kappa shape index (κ3) is 3.57. The fraction of sp³-hybridized carbons (Fsp3) is 0.263. The molecule has 0 fully saturated rings. The van der Waals surface area contributed by atoms with Gasteiger partial charge in [0.25, 0.3) is 0 Å². The summed E-state index contributed by atoms with van der Waals surface area (Å²) in [7, 11) is 2.01. The van der Waals surface area contributed by atoms with Crippen molar-refractivity contribution in [3.8, 4) is 0 Å². The second-order valence-electron chi connectivity index (χ2n) is 6.11. The van der Waals surface area contributed by atoms with E-state index in [1.54, 1.807) is 11.3 Å². The van der Waals surface area contributed by atoms with Crippen LogP contribution in [0.3, 0.4) is 0 Å². The molecule has 0 bridgehead atoms. The van der Waals surface area contributed by atoms with E-state index >= 15 is 0 Å². The van der Waals surface area contributed by atoms with E-state index in [1.807, 2.05) is 25.2 Å². The topological polar surface area (TPSA) is 28.2 Å². The Morgan fingerprint density at radius 3 is 2.50 bits per heavy atom. The van der Waals surface area contributed by atoms with Gasteiger partial charge in [-0.1, -0.05) is 18.2 Å². The van der Waals surface area contributed by atoms with Crippen molar-refractivity contribution >= 4 is 44.6 Å². The number of thiazole rings is 1. The first-order valence-electron chi connectivity index (χ1n) is 7.91. The van der Waals surface area contributed by atoms with Gasteiger partial charge in [-0.25, -0.2) is 4.98 Å². The molecule has 0 saturated carbocycles. The normalized spacial score (nSPS) is 12.2. The Morgan fingerprint density at radius 1 is 1.17 bits per heavy atom. The second kappa shape index (κ2) is 6.87. The average molecular weight is 356 g/mol. The summed E-state index contributed by atoms with van der Waals surface area (Å²) in [6, 6.07) is 14.7. The summed E-state index contributed by atoms with van der Waals surface area (Å²) >= 11 is 7.32. The van der Waals surface area contributed by atoms with E-state index in [0.29, 0.717) is 5.11 Å². The van der Waals surface area contributed by atoms with Gasteiger partial charge in [0.05, 0.1) is 16.3 Å². The second-order valence-corrected chi connectivity index (χ2v) is 7.56. The summed E-state index contributed by atoms with van der Waals surface area (Å²) in [5, 5.41) is 5.12. The summed E-state index contributed by atoms with van der Waals surface area (Å²) in [5.74, 6) is 0. The van der Waals surface area contributed by atoms with Crippen molar-refractivity contribution in [3.63, 3.8) is 0 Å². The molecule has 3 nitrogen and oxygen atoms in total. The number of thiocarbonyl (C=S) groups is 1. The number of anilines is 1. The van der Waals surface area contributed by atoms with Gasteiger partial charge < -0.3 is 10.2 Å². The van der Waals surface area contributed by atoms with E-state index in [9.17, 15) is 0 Å². The van der Waals surface area contributed by atoms with Crippen LogP contribution in [0.5, 0.6) is 0 Å². The number of nitrogens with zero attached hydrogens (tertiary/aromatic N) is 2. The zero-order valence-electron chi connectivity index (χ0n) is 14.3. The number of nitrogens with one attached hydrogen (secondary N) is 1. The Morgan fingerprint density at radius 2 is 1.83 bits per heavy atom. The summed E-state index contributed by atoms with van der Waals surface area (Å²) in [5.41, 5.74) is 4.52. The van der Waals surface area contributed by atoms with Crippen LogP contribution in [0.4, 0.5) is 5.69 Å². The first-order chi connectivity index (χ1) is 11.4. The van der Waals surface area contributed by atoms with E-state index in [4.69, 9.17) is 17.2 Å². The van der Waals surface area contributed by atoms with Crippen molar-refractivity contribution in [2.24, 2.45) is 0 Å². The molecule has 1 atom stereocenters. The lowest BCUT2D eigenvalue weighted by Crippen LogP contribution is -2.33. The molecule has 0 unspecified atom stereocenters. The molecule has 2 aromatic carbocycles. The fourth-order valence-corrected chi connectivity index (χ4v) is 4.01. The first kappa shape index (κ1) is 16.9. The van der Waals surface area contributed by atoms with Crippen molar-refractivity contribution < 1.29 is 0 Å². The molecular weight excluding hydrogens is 334 g/mol. The van der Waals surface area contributed by atoms with Crippen LogP contribution in [-0.4, -0.2) is 22.0 Å². The van der Waals surface area contributed by atoms with Crippen molar-refractivity contribution in [3.05, 3.63) is 58.6 Å². The lowest BCUT2D eigenvalue weighted by molar-refractivity contribution is 0.407. The maximum absolute atomic E-state index is 5.59. The molecule has 1 heterocycles. The van der Waals surface area contributed by atoms with Gasteiger partial charge in [0, 0.05) is 12.7 Å². The molecule has 1 aromatic heterocycles.